The molecule has 0 saturated carbocycles. The van der Waals surface area contributed by atoms with E-state index in [0.717, 1.165) is 4.90 Å². The zero-order valence-electron chi connectivity index (χ0n) is 12.6. The number of aromatic amines is 1. The fourth-order valence-corrected chi connectivity index (χ4v) is 3.01. The Kier molecular flexibility index (Phi) is 3.33. The van der Waals surface area contributed by atoms with Crippen LogP contribution in [0.5, 0.6) is 0 Å². The van der Waals surface area contributed by atoms with Crippen LogP contribution in [0.15, 0.2) is 28.9 Å². The van der Waals surface area contributed by atoms with E-state index < -0.39 is 6.09 Å². The van der Waals surface area contributed by atoms with Crippen LogP contribution in [0.4, 0.5) is 4.79 Å². The van der Waals surface area contributed by atoms with Gasteiger partial charge in [0.1, 0.15) is 5.69 Å². The summed E-state index contributed by atoms with van der Waals surface area (Å²) in [6.07, 6.45) is 1.43. The van der Waals surface area contributed by atoms with Crippen LogP contribution in [0.3, 0.4) is 0 Å². The van der Waals surface area contributed by atoms with Gasteiger partial charge in [-0.1, -0.05) is 0 Å². The van der Waals surface area contributed by atoms with Crippen molar-refractivity contribution >= 4 is 17.9 Å². The lowest BCUT2D eigenvalue weighted by Crippen LogP contribution is -2.42. The molecule has 2 aliphatic rings. The number of amides is 3. The minimum atomic E-state index is -0.640. The number of rotatable bonds is 3. The third kappa shape index (κ3) is 2.34. The minimum Gasteiger partial charge on any atom is -0.463 e. The molecule has 0 aliphatic carbocycles. The second kappa shape index (κ2) is 5.52. The molecule has 24 heavy (non-hydrogen) atoms. The van der Waals surface area contributed by atoms with Crippen LogP contribution in [0.1, 0.15) is 16.9 Å². The Morgan fingerprint density at radius 2 is 2.25 bits per heavy atom. The standard InChI is InChI=1S/C15H14N4O5/c20-13-8-24-15(22)19(13)9-3-4-18(7-9)14(21)11-6-10(16-17-11)12-2-1-5-23-12/h1-2,5-6,9H,3-4,7-8H2,(H,16,17). The summed E-state index contributed by atoms with van der Waals surface area (Å²) < 4.78 is 9.98. The van der Waals surface area contributed by atoms with Crippen LogP contribution in [-0.4, -0.2) is 63.6 Å². The Balaban J connectivity index is 1.46. The average molecular weight is 330 g/mol. The number of H-pyrrole nitrogens is 1. The topological polar surface area (TPSA) is 109 Å². The summed E-state index contributed by atoms with van der Waals surface area (Å²) >= 11 is 0. The highest BCUT2D eigenvalue weighted by atomic mass is 16.6. The number of cyclic esters (lactones) is 1. The van der Waals surface area contributed by atoms with Gasteiger partial charge in [0.05, 0.1) is 12.3 Å². The Morgan fingerprint density at radius 3 is 2.96 bits per heavy atom. The summed E-state index contributed by atoms with van der Waals surface area (Å²) in [6.45, 7) is 0.501. The lowest BCUT2D eigenvalue weighted by Gasteiger charge is -2.19. The number of nitrogens with one attached hydrogen (secondary N) is 1. The predicted molar refractivity (Wildman–Crippen MR) is 78.8 cm³/mol. The van der Waals surface area contributed by atoms with E-state index in [2.05, 4.69) is 10.2 Å². The van der Waals surface area contributed by atoms with Crippen molar-refractivity contribution in [3.05, 3.63) is 30.2 Å². The first-order valence-corrected chi connectivity index (χ1v) is 7.51. The van der Waals surface area contributed by atoms with Crippen molar-refractivity contribution in [1.29, 1.82) is 0 Å². The maximum absolute atomic E-state index is 12.5. The van der Waals surface area contributed by atoms with Gasteiger partial charge in [-0.05, 0) is 18.6 Å². The quantitative estimate of drug-likeness (QED) is 0.894. The molecule has 2 aromatic heterocycles. The number of likely N-dealkylation sites (tertiary alicyclic amines) is 1. The lowest BCUT2D eigenvalue weighted by molar-refractivity contribution is -0.127. The molecule has 4 rings (SSSR count). The second-order valence-corrected chi connectivity index (χ2v) is 5.66. The summed E-state index contributed by atoms with van der Waals surface area (Å²) in [4.78, 5) is 38.5. The SMILES string of the molecule is O=C(c1cc(-c2ccco2)[nH]n1)N1CCC(N2C(=O)COC2=O)C1. The fourth-order valence-electron chi connectivity index (χ4n) is 3.01. The van der Waals surface area contributed by atoms with Crippen molar-refractivity contribution in [3.8, 4) is 11.5 Å². The molecule has 0 aromatic carbocycles. The van der Waals surface area contributed by atoms with E-state index in [1.165, 1.54) is 6.26 Å². The molecule has 9 nitrogen and oxygen atoms in total. The van der Waals surface area contributed by atoms with E-state index in [1.807, 2.05) is 0 Å². The molecule has 124 valence electrons. The molecule has 1 atom stereocenters. The van der Waals surface area contributed by atoms with E-state index in [4.69, 9.17) is 9.15 Å². The number of nitrogens with zero attached hydrogens (tertiary/aromatic N) is 3. The maximum atomic E-state index is 12.5. The van der Waals surface area contributed by atoms with Gasteiger partial charge in [0.15, 0.2) is 18.1 Å². The molecule has 0 radical (unpaired) electrons. The average Bonchev–Trinajstić information content (AvgIpc) is 3.34. The Labute approximate surface area is 136 Å². The number of carbonyl (C=O) groups is 3. The normalized spacial score (nSPS) is 20.8. The van der Waals surface area contributed by atoms with E-state index >= 15 is 0 Å². The Bertz CT molecular complexity index is 781. The molecule has 9 heteroatoms. The highest BCUT2D eigenvalue weighted by Crippen LogP contribution is 2.23. The number of aromatic nitrogens is 2. The molecule has 4 heterocycles. The number of furan rings is 1. The highest BCUT2D eigenvalue weighted by molar-refractivity contribution is 5.98. The highest BCUT2D eigenvalue weighted by Gasteiger charge is 2.41. The molecule has 0 bridgehead atoms. The number of hydrogen-bond acceptors (Lipinski definition) is 6. The molecule has 2 saturated heterocycles. The van der Waals surface area contributed by atoms with Gasteiger partial charge in [0.2, 0.25) is 0 Å². The van der Waals surface area contributed by atoms with Crippen molar-refractivity contribution in [2.75, 3.05) is 19.7 Å². The number of imide groups is 1. The minimum absolute atomic E-state index is 0.227. The molecule has 0 spiro atoms. The smallest absolute Gasteiger partial charge is 0.417 e. The molecule has 3 amide bonds. The lowest BCUT2D eigenvalue weighted by atomic mass is 10.2. The van der Waals surface area contributed by atoms with Crippen LogP contribution < -0.4 is 0 Å². The van der Waals surface area contributed by atoms with Crippen LogP contribution in [0.25, 0.3) is 11.5 Å². The Morgan fingerprint density at radius 1 is 1.38 bits per heavy atom. The zero-order valence-corrected chi connectivity index (χ0v) is 12.6. The van der Waals surface area contributed by atoms with Gasteiger partial charge in [-0.25, -0.2) is 9.69 Å². The van der Waals surface area contributed by atoms with Gasteiger partial charge < -0.3 is 14.1 Å². The first kappa shape index (κ1) is 14.5. The van der Waals surface area contributed by atoms with E-state index in [1.54, 1.807) is 23.1 Å². The monoisotopic (exact) mass is 330 g/mol. The van der Waals surface area contributed by atoms with Crippen molar-refractivity contribution < 1.29 is 23.5 Å². The molecular weight excluding hydrogens is 316 g/mol. The van der Waals surface area contributed by atoms with E-state index in [0.29, 0.717) is 24.4 Å². The molecular formula is C15H14N4O5. The molecule has 2 aliphatic heterocycles. The van der Waals surface area contributed by atoms with Gasteiger partial charge in [0, 0.05) is 19.2 Å². The second-order valence-electron chi connectivity index (χ2n) is 5.66. The first-order valence-electron chi connectivity index (χ1n) is 7.51. The van der Waals surface area contributed by atoms with Crippen molar-refractivity contribution in [1.82, 2.24) is 20.0 Å². The van der Waals surface area contributed by atoms with Gasteiger partial charge in [0.25, 0.3) is 11.8 Å². The summed E-state index contributed by atoms with van der Waals surface area (Å²) in [7, 11) is 0. The molecule has 1 N–H and O–H groups in total. The van der Waals surface area contributed by atoms with Gasteiger partial charge in [-0.15, -0.1) is 0 Å². The number of hydrogen-bond donors (Lipinski definition) is 1. The molecule has 2 fully saturated rings. The van der Waals surface area contributed by atoms with Gasteiger partial charge in [-0.3, -0.25) is 14.7 Å². The first-order chi connectivity index (χ1) is 11.6. The maximum Gasteiger partial charge on any atom is 0.417 e. The predicted octanol–water partition coefficient (Wildman–Crippen LogP) is 0.863. The van der Waals surface area contributed by atoms with Crippen LogP contribution in [0, 0.1) is 0 Å². The van der Waals surface area contributed by atoms with E-state index in [-0.39, 0.29) is 36.7 Å². The molecule has 1 unspecified atom stereocenters. The van der Waals surface area contributed by atoms with E-state index in [9.17, 15) is 14.4 Å². The van der Waals surface area contributed by atoms with Crippen LogP contribution in [-0.2, 0) is 9.53 Å². The summed E-state index contributed by atoms with van der Waals surface area (Å²) in [5, 5.41) is 6.78. The summed E-state index contributed by atoms with van der Waals surface area (Å²) in [5.74, 6) is -0.0306. The van der Waals surface area contributed by atoms with Crippen molar-refractivity contribution in [3.63, 3.8) is 0 Å². The third-order valence-electron chi connectivity index (χ3n) is 4.18. The Hall–Kier alpha value is -3.10. The van der Waals surface area contributed by atoms with Crippen LogP contribution in [0.2, 0.25) is 0 Å². The number of carbonyl (C=O) groups excluding carboxylic acids is 3. The largest absolute Gasteiger partial charge is 0.463 e. The summed E-state index contributed by atoms with van der Waals surface area (Å²) in [5.41, 5.74) is 0.870. The van der Waals surface area contributed by atoms with Gasteiger partial charge in [-0.2, -0.15) is 5.10 Å². The number of ether oxygens (including phenoxy) is 1. The third-order valence-corrected chi connectivity index (χ3v) is 4.18. The van der Waals surface area contributed by atoms with Crippen molar-refractivity contribution in [2.24, 2.45) is 0 Å². The fraction of sp³-hybridized carbons (Fsp3) is 0.333. The van der Waals surface area contributed by atoms with Crippen molar-refractivity contribution in [2.45, 2.75) is 12.5 Å². The molecule has 2 aromatic rings. The van der Waals surface area contributed by atoms with Crippen LogP contribution >= 0.6 is 0 Å². The van der Waals surface area contributed by atoms with Gasteiger partial charge >= 0.3 is 6.09 Å². The summed E-state index contributed by atoms with van der Waals surface area (Å²) in [6, 6.07) is 4.77. The zero-order chi connectivity index (χ0) is 16.7.